The van der Waals surface area contributed by atoms with E-state index in [0.29, 0.717) is 46.7 Å². The second kappa shape index (κ2) is 23.3. The summed E-state index contributed by atoms with van der Waals surface area (Å²) in [7, 11) is 1.90. The molecule has 2 bridgehead atoms. The molecule has 12 rings (SSSR count). The van der Waals surface area contributed by atoms with E-state index in [1.54, 1.807) is 18.3 Å². The van der Waals surface area contributed by atoms with Gasteiger partial charge in [0.05, 0.1) is 41.4 Å². The summed E-state index contributed by atoms with van der Waals surface area (Å²) in [6.07, 6.45) is 11.6. The number of rotatable bonds is 17. The fraction of sp³-hybridized carbons (Fsp3) is 0.525. The van der Waals surface area contributed by atoms with Crippen molar-refractivity contribution in [3.8, 4) is 34.1 Å². The van der Waals surface area contributed by atoms with E-state index in [4.69, 9.17) is 19.7 Å². The van der Waals surface area contributed by atoms with Gasteiger partial charge in [0, 0.05) is 127 Å². The van der Waals surface area contributed by atoms with Crippen LogP contribution >= 0.6 is 0 Å². The van der Waals surface area contributed by atoms with Gasteiger partial charge in [0.2, 0.25) is 17.7 Å². The number of anilines is 4. The van der Waals surface area contributed by atoms with Gasteiger partial charge in [-0.3, -0.25) is 14.3 Å². The predicted octanol–water partition coefficient (Wildman–Crippen LogP) is 6.96. The van der Waals surface area contributed by atoms with Crippen molar-refractivity contribution in [1.29, 1.82) is 0 Å². The number of phenols is 1. The molecule has 81 heavy (non-hydrogen) atoms. The number of para-hydroxylation sites is 1. The first kappa shape index (κ1) is 54.3. The van der Waals surface area contributed by atoms with E-state index >= 15 is 0 Å². The number of aliphatic hydroxyl groups is 1. The van der Waals surface area contributed by atoms with Gasteiger partial charge in [-0.15, -0.1) is 10.2 Å². The van der Waals surface area contributed by atoms with Gasteiger partial charge < -0.3 is 59.8 Å². The fourth-order valence-electron chi connectivity index (χ4n) is 13.5. The number of carbonyl (C=O) groups excluding carboxylic acids is 2. The Balaban J connectivity index is 0.564. The molecule has 20 nitrogen and oxygen atoms in total. The number of ether oxygens (including phenoxy) is 2. The Bertz CT molecular complexity index is 3130. The number of β-amino-alcohol motifs (C(OH)–C–C–N with tert-alkyl or cyclic N) is 1. The smallest absolute Gasteiger partial charge is 0.243 e. The first-order valence-electron chi connectivity index (χ1n) is 29.3. The van der Waals surface area contributed by atoms with Crippen molar-refractivity contribution in [1.82, 2.24) is 45.2 Å². The largest absolute Gasteiger partial charge is 0.507 e. The zero-order valence-corrected chi connectivity index (χ0v) is 47.0. The van der Waals surface area contributed by atoms with Crippen LogP contribution in [-0.4, -0.2) is 157 Å². The molecule has 4 aromatic heterocycles. The number of piperidine rings is 2. The number of piperazine rings is 1. The summed E-state index contributed by atoms with van der Waals surface area (Å²) in [5, 5.41) is 41.7. The SMILES string of the molecule is CC(C)[C@H](C(=O)N1C[C@H](O)C[C@H]1C(=O)N[C@@H](C)c1ccc(-c2ccnn2C)cc1)c1cc(N2CCC(CN3CCC(OC4CC(Oc5cc(N6C7CC[C@@H]6CN(c6cc(-c8ccccc8O)nnc6N)C7)ccn5)C4)CC3)CC2)no1. The molecule has 1 saturated carbocycles. The van der Waals surface area contributed by atoms with Crippen LogP contribution in [0.1, 0.15) is 102 Å². The maximum absolute atomic E-state index is 14.4. The Morgan fingerprint density at radius 1 is 0.815 bits per heavy atom. The van der Waals surface area contributed by atoms with E-state index < -0.39 is 18.1 Å². The molecule has 5 saturated heterocycles. The van der Waals surface area contributed by atoms with Gasteiger partial charge in [-0.2, -0.15) is 5.10 Å². The Hall–Kier alpha value is -7.29. The molecule has 0 spiro atoms. The van der Waals surface area contributed by atoms with Gasteiger partial charge in [0.1, 0.15) is 23.8 Å². The van der Waals surface area contributed by atoms with Gasteiger partial charge in [-0.05, 0) is 98.7 Å². The topological polar surface area (TPSA) is 230 Å². The summed E-state index contributed by atoms with van der Waals surface area (Å²) in [5.74, 6) is 1.70. The number of aryl methyl sites for hydroxylation is 1. The minimum absolute atomic E-state index is 0.0810. The second-order valence-corrected chi connectivity index (χ2v) is 23.9. The van der Waals surface area contributed by atoms with Crippen molar-refractivity contribution in [3.63, 3.8) is 0 Å². The molecule has 5 aliphatic heterocycles. The summed E-state index contributed by atoms with van der Waals surface area (Å²) in [6, 6.07) is 24.7. The molecule has 20 heteroatoms. The van der Waals surface area contributed by atoms with Crippen molar-refractivity contribution in [2.45, 2.75) is 133 Å². The third-order valence-electron chi connectivity index (χ3n) is 18.0. The Labute approximate surface area is 473 Å². The number of amides is 2. The normalized spacial score (nSPS) is 24.4. The van der Waals surface area contributed by atoms with Crippen molar-refractivity contribution in [3.05, 3.63) is 103 Å². The van der Waals surface area contributed by atoms with Gasteiger partial charge >= 0.3 is 0 Å². The van der Waals surface area contributed by atoms with E-state index in [-0.39, 0.29) is 60.8 Å². The fourth-order valence-corrected chi connectivity index (χ4v) is 13.5. The van der Waals surface area contributed by atoms with Crippen molar-refractivity contribution < 1.29 is 33.8 Å². The van der Waals surface area contributed by atoms with E-state index in [2.05, 4.69) is 62.5 Å². The van der Waals surface area contributed by atoms with Crippen LogP contribution in [-0.2, 0) is 21.4 Å². The highest BCUT2D eigenvalue weighted by molar-refractivity contribution is 5.91. The number of aromatic hydroxyl groups is 1. The van der Waals surface area contributed by atoms with Crippen LogP contribution in [0, 0.1) is 11.8 Å². The van der Waals surface area contributed by atoms with Crippen LogP contribution in [0.3, 0.4) is 0 Å². The molecule has 6 aromatic rings. The molecule has 6 atom stereocenters. The Morgan fingerprint density at radius 2 is 1.57 bits per heavy atom. The summed E-state index contributed by atoms with van der Waals surface area (Å²) >= 11 is 0. The van der Waals surface area contributed by atoms with Crippen LogP contribution < -0.4 is 30.5 Å². The number of likely N-dealkylation sites (tertiary alicyclic amines) is 2. The number of benzene rings is 2. The first-order valence-corrected chi connectivity index (χ1v) is 29.3. The van der Waals surface area contributed by atoms with E-state index in [1.807, 2.05) is 93.3 Å². The van der Waals surface area contributed by atoms with E-state index in [1.165, 1.54) is 4.90 Å². The van der Waals surface area contributed by atoms with Crippen molar-refractivity contribution in [2.75, 3.05) is 72.8 Å². The number of pyridine rings is 1. The average Bonchev–Trinajstić information content (AvgIpc) is 4.30. The lowest BCUT2D eigenvalue weighted by Crippen LogP contribution is -2.54. The quantitative estimate of drug-likeness (QED) is 0.0723. The van der Waals surface area contributed by atoms with Crippen LogP contribution in [0.2, 0.25) is 0 Å². The zero-order chi connectivity index (χ0) is 55.9. The number of nitrogens with two attached hydrogens (primary N) is 1. The van der Waals surface area contributed by atoms with Crippen LogP contribution in [0.5, 0.6) is 11.6 Å². The number of hydrogen-bond donors (Lipinski definition) is 4. The monoisotopic (exact) mass is 1100 g/mol. The number of aliphatic hydroxyl groups excluding tert-OH is 1. The zero-order valence-electron chi connectivity index (χ0n) is 47.0. The van der Waals surface area contributed by atoms with Crippen LogP contribution in [0.4, 0.5) is 23.0 Å². The lowest BCUT2D eigenvalue weighted by Gasteiger charge is -2.43. The standard InChI is InChI=1S/C61H77N13O7/c1-37(2)58(61(78)73-36-45(75)28-53(73)60(77)65-38(3)40-9-11-41(12-10-40)51-16-22-64-69(51)4)55-32-56(68-81-55)71-25-17-39(18-26-71)33-70-23-19-46(20-24-70)79-47-29-48(30-47)80-57-27-42(15-21-63-57)74-43-13-14-44(74)35-72(34-43)52-31-50(66-67-59(52)62)49-7-5-6-8-54(49)76/h5-12,15-16,21-22,27,31-32,37-39,43-48,53,58,75-76H,13-14,17-20,23-26,28-30,33-36H2,1-4H3,(H2,62,67)(H,65,77)/t38-,43+,44?,45+,47?,48?,53-,58-/m0/s1. The third kappa shape index (κ3) is 11.6. The Morgan fingerprint density at radius 3 is 2.28 bits per heavy atom. The van der Waals surface area contributed by atoms with Gasteiger partial charge in [0.25, 0.3) is 0 Å². The van der Waals surface area contributed by atoms with Crippen LogP contribution in [0.15, 0.2) is 95.8 Å². The highest BCUT2D eigenvalue weighted by atomic mass is 16.5. The molecule has 5 N–H and O–H groups in total. The number of phenolic OH excluding ortho intramolecular Hbond substituents is 1. The highest BCUT2D eigenvalue weighted by Crippen LogP contribution is 2.41. The predicted molar refractivity (Wildman–Crippen MR) is 308 cm³/mol. The molecular formula is C61H77N13O7. The molecule has 0 radical (unpaired) electrons. The number of aromatic nitrogens is 6. The molecular weight excluding hydrogens is 1030 g/mol. The molecule has 2 aromatic carbocycles. The second-order valence-electron chi connectivity index (χ2n) is 23.9. The molecule has 6 aliphatic rings. The van der Waals surface area contributed by atoms with E-state index in [9.17, 15) is 19.8 Å². The molecule has 2 amide bonds. The van der Waals surface area contributed by atoms with Gasteiger partial charge in [0.15, 0.2) is 17.4 Å². The minimum atomic E-state index is -0.806. The summed E-state index contributed by atoms with van der Waals surface area (Å²) in [5.41, 5.74) is 12.6. The molecule has 1 aliphatic carbocycles. The third-order valence-corrected chi connectivity index (χ3v) is 18.0. The number of hydrogen-bond acceptors (Lipinski definition) is 17. The molecule has 6 fully saturated rings. The van der Waals surface area contributed by atoms with Gasteiger partial charge in [-0.1, -0.05) is 55.4 Å². The van der Waals surface area contributed by atoms with Crippen molar-refractivity contribution >= 4 is 34.8 Å². The minimum Gasteiger partial charge on any atom is -0.507 e. The summed E-state index contributed by atoms with van der Waals surface area (Å²) in [4.78, 5) is 44.1. The average molecular weight is 1100 g/mol. The van der Waals surface area contributed by atoms with Gasteiger partial charge in [-0.25, -0.2) is 4.98 Å². The first-order chi connectivity index (χ1) is 39.3. The maximum atomic E-state index is 14.4. The number of nitrogen functional groups attached to an aromatic ring is 1. The number of fused-ring (bicyclic) bond motifs is 2. The lowest BCUT2D eigenvalue weighted by atomic mass is 9.91. The number of nitrogens with one attached hydrogen (secondary N) is 1. The molecule has 1 unspecified atom stereocenters. The maximum Gasteiger partial charge on any atom is 0.243 e. The van der Waals surface area contributed by atoms with Crippen molar-refractivity contribution in [2.24, 2.45) is 18.9 Å². The molecule has 428 valence electrons. The van der Waals surface area contributed by atoms with Crippen LogP contribution in [0.25, 0.3) is 22.5 Å². The number of nitrogens with zero attached hydrogens (tertiary/aromatic N) is 11. The molecule has 9 heterocycles. The summed E-state index contributed by atoms with van der Waals surface area (Å²) in [6.45, 7) is 12.4. The highest BCUT2D eigenvalue weighted by Gasteiger charge is 2.45. The van der Waals surface area contributed by atoms with E-state index in [0.717, 1.165) is 131 Å². The number of carbonyl (C=O) groups is 2. The summed E-state index contributed by atoms with van der Waals surface area (Å²) < 4.78 is 20.9. The Kier molecular flexibility index (Phi) is 15.6. The lowest BCUT2D eigenvalue weighted by molar-refractivity contribution is -0.141.